The van der Waals surface area contributed by atoms with Crippen LogP contribution in [-0.4, -0.2) is 42.3 Å². The van der Waals surface area contributed by atoms with E-state index in [1.54, 1.807) is 12.1 Å². The van der Waals surface area contributed by atoms with Crippen LogP contribution in [0.25, 0.3) is 10.9 Å². The number of aryl methyl sites for hydroxylation is 1. The molecule has 1 amide bonds. The lowest BCUT2D eigenvalue weighted by Crippen LogP contribution is -2.44. The van der Waals surface area contributed by atoms with Gasteiger partial charge in [0.1, 0.15) is 0 Å². The summed E-state index contributed by atoms with van der Waals surface area (Å²) in [6, 6.07) is 7.34. The molecule has 2 aromatic rings. The first-order chi connectivity index (χ1) is 12.3. The third-order valence-electron chi connectivity index (χ3n) is 4.98. The molecular weight excluding hydrogens is 350 g/mol. The van der Waals surface area contributed by atoms with Crippen LogP contribution >= 0.6 is 0 Å². The van der Waals surface area contributed by atoms with E-state index < -0.39 is 10.0 Å². The van der Waals surface area contributed by atoms with Crippen molar-refractivity contribution >= 4 is 26.8 Å². The van der Waals surface area contributed by atoms with E-state index in [-0.39, 0.29) is 17.9 Å². The molecule has 0 radical (unpaired) electrons. The van der Waals surface area contributed by atoms with Crippen LogP contribution in [0.15, 0.2) is 35.4 Å². The molecular formula is C19H27N3O3S. The van der Waals surface area contributed by atoms with Crippen molar-refractivity contribution in [3.05, 3.63) is 30.5 Å². The highest BCUT2D eigenvalue weighted by molar-refractivity contribution is 7.89. The zero-order valence-corrected chi connectivity index (χ0v) is 16.4. The molecule has 2 heterocycles. The molecule has 0 spiro atoms. The first-order valence-corrected chi connectivity index (χ1v) is 10.7. The van der Waals surface area contributed by atoms with E-state index in [0.717, 1.165) is 17.4 Å². The average Bonchev–Trinajstić information content (AvgIpc) is 3.03. The number of hydrogen-bond acceptors (Lipinski definition) is 3. The van der Waals surface area contributed by atoms with Crippen molar-refractivity contribution in [2.75, 3.05) is 13.1 Å². The Morgan fingerprint density at radius 3 is 2.54 bits per heavy atom. The number of rotatable bonds is 5. The fraction of sp³-hybridized carbons (Fsp3) is 0.526. The molecule has 26 heavy (non-hydrogen) atoms. The standard InChI is InChI=1S/C19H27N3O3S/c1-4-21-10-7-16-13-17(5-6-18(16)21)26(24,25)22-11-8-15(9-12-22)19(23)20-14(2)3/h5-7,10,13-15H,4,8-9,11-12H2,1-3H3,(H,20,23). The lowest BCUT2D eigenvalue weighted by atomic mass is 9.97. The van der Waals surface area contributed by atoms with Crippen LogP contribution in [0, 0.1) is 5.92 Å². The van der Waals surface area contributed by atoms with E-state index in [9.17, 15) is 13.2 Å². The van der Waals surface area contributed by atoms with Gasteiger partial charge in [0.2, 0.25) is 15.9 Å². The predicted octanol–water partition coefficient (Wildman–Crippen LogP) is 2.59. The predicted molar refractivity (Wildman–Crippen MR) is 102 cm³/mol. The zero-order valence-electron chi connectivity index (χ0n) is 15.6. The van der Waals surface area contributed by atoms with E-state index in [0.29, 0.717) is 30.8 Å². The number of hydrogen-bond donors (Lipinski definition) is 1. The van der Waals surface area contributed by atoms with E-state index in [2.05, 4.69) is 16.8 Å². The Morgan fingerprint density at radius 1 is 1.23 bits per heavy atom. The summed E-state index contributed by atoms with van der Waals surface area (Å²) in [5, 5.41) is 3.85. The van der Waals surface area contributed by atoms with Crippen LogP contribution in [0.4, 0.5) is 0 Å². The van der Waals surface area contributed by atoms with Crippen molar-refractivity contribution in [1.82, 2.24) is 14.2 Å². The van der Waals surface area contributed by atoms with Crippen LogP contribution in [0.2, 0.25) is 0 Å². The Morgan fingerprint density at radius 2 is 1.92 bits per heavy atom. The van der Waals surface area contributed by atoms with Crippen LogP contribution in [0.1, 0.15) is 33.6 Å². The number of benzene rings is 1. The summed E-state index contributed by atoms with van der Waals surface area (Å²) in [7, 11) is -3.53. The Bertz CT molecular complexity index is 894. The Balaban J connectivity index is 1.74. The smallest absolute Gasteiger partial charge is 0.243 e. The van der Waals surface area contributed by atoms with Gasteiger partial charge in [0, 0.05) is 48.7 Å². The summed E-state index contributed by atoms with van der Waals surface area (Å²) in [6.45, 7) is 7.53. The van der Waals surface area contributed by atoms with Crippen molar-refractivity contribution in [2.45, 2.75) is 51.1 Å². The minimum atomic E-state index is -3.53. The molecule has 1 aliphatic heterocycles. The van der Waals surface area contributed by atoms with E-state index >= 15 is 0 Å². The second kappa shape index (κ2) is 7.40. The number of nitrogens with one attached hydrogen (secondary N) is 1. The third kappa shape index (κ3) is 3.64. The fourth-order valence-electron chi connectivity index (χ4n) is 3.52. The van der Waals surface area contributed by atoms with Crippen molar-refractivity contribution < 1.29 is 13.2 Å². The molecule has 1 aromatic carbocycles. The number of amides is 1. The fourth-order valence-corrected chi connectivity index (χ4v) is 5.03. The lowest BCUT2D eigenvalue weighted by Gasteiger charge is -2.31. The molecule has 0 atom stereocenters. The molecule has 3 rings (SSSR count). The van der Waals surface area contributed by atoms with E-state index in [1.807, 2.05) is 32.2 Å². The number of carbonyl (C=O) groups is 1. The molecule has 0 bridgehead atoms. The average molecular weight is 378 g/mol. The summed E-state index contributed by atoms with van der Waals surface area (Å²) in [5.41, 5.74) is 1.04. The summed E-state index contributed by atoms with van der Waals surface area (Å²) in [6.07, 6.45) is 3.10. The molecule has 1 saturated heterocycles. The molecule has 1 fully saturated rings. The summed E-state index contributed by atoms with van der Waals surface area (Å²) in [4.78, 5) is 12.5. The number of fused-ring (bicyclic) bond motifs is 1. The van der Waals surface area contributed by atoms with Gasteiger partial charge in [0.05, 0.1) is 4.90 Å². The number of aromatic nitrogens is 1. The normalized spacial score (nSPS) is 17.1. The first-order valence-electron chi connectivity index (χ1n) is 9.22. The number of piperidine rings is 1. The maximum absolute atomic E-state index is 13.0. The third-order valence-corrected chi connectivity index (χ3v) is 6.87. The van der Waals surface area contributed by atoms with Crippen molar-refractivity contribution in [2.24, 2.45) is 5.92 Å². The van der Waals surface area contributed by atoms with Crippen molar-refractivity contribution in [3.63, 3.8) is 0 Å². The van der Waals surface area contributed by atoms with Gasteiger partial charge in [-0.1, -0.05) is 0 Å². The summed E-state index contributed by atoms with van der Waals surface area (Å²) < 4.78 is 29.6. The monoisotopic (exact) mass is 377 g/mol. The molecule has 0 saturated carbocycles. The van der Waals surface area contributed by atoms with Crippen LogP contribution in [0.5, 0.6) is 0 Å². The van der Waals surface area contributed by atoms with Gasteiger partial charge >= 0.3 is 0 Å². The van der Waals surface area contributed by atoms with Gasteiger partial charge in [-0.3, -0.25) is 4.79 Å². The van der Waals surface area contributed by atoms with Gasteiger partial charge in [0.25, 0.3) is 0 Å². The van der Waals surface area contributed by atoms with Gasteiger partial charge in [-0.2, -0.15) is 4.31 Å². The van der Waals surface area contributed by atoms with Crippen molar-refractivity contribution in [1.29, 1.82) is 0 Å². The molecule has 142 valence electrons. The van der Waals surface area contributed by atoms with Gasteiger partial charge < -0.3 is 9.88 Å². The highest BCUT2D eigenvalue weighted by atomic mass is 32.2. The molecule has 1 aromatic heterocycles. The zero-order chi connectivity index (χ0) is 18.9. The molecule has 0 unspecified atom stereocenters. The Labute approximate surface area is 155 Å². The molecule has 7 heteroatoms. The van der Waals surface area contributed by atoms with Crippen molar-refractivity contribution in [3.8, 4) is 0 Å². The Hall–Kier alpha value is -1.86. The maximum Gasteiger partial charge on any atom is 0.243 e. The quantitative estimate of drug-likeness (QED) is 0.871. The van der Waals surface area contributed by atoms with Crippen LogP contribution in [-0.2, 0) is 21.4 Å². The topological polar surface area (TPSA) is 71.4 Å². The number of sulfonamides is 1. The molecule has 0 aliphatic carbocycles. The Kier molecular flexibility index (Phi) is 5.39. The van der Waals surface area contributed by atoms with Gasteiger partial charge in [-0.15, -0.1) is 0 Å². The highest BCUT2D eigenvalue weighted by Gasteiger charge is 2.32. The lowest BCUT2D eigenvalue weighted by molar-refractivity contribution is -0.126. The van der Waals surface area contributed by atoms with Gasteiger partial charge in [-0.05, 0) is 57.9 Å². The molecule has 1 aliphatic rings. The second-order valence-corrected chi connectivity index (χ2v) is 9.10. The van der Waals surface area contributed by atoms with Crippen LogP contribution in [0.3, 0.4) is 0 Å². The molecule has 6 nitrogen and oxygen atoms in total. The number of nitrogens with zero attached hydrogens (tertiary/aromatic N) is 2. The summed E-state index contributed by atoms with van der Waals surface area (Å²) >= 11 is 0. The van der Waals surface area contributed by atoms with Gasteiger partial charge in [0.15, 0.2) is 0 Å². The summed E-state index contributed by atoms with van der Waals surface area (Å²) in [5.74, 6) is -0.0794. The minimum Gasteiger partial charge on any atom is -0.354 e. The van der Waals surface area contributed by atoms with E-state index in [1.165, 1.54) is 4.31 Å². The number of carbonyl (C=O) groups excluding carboxylic acids is 1. The second-order valence-electron chi connectivity index (χ2n) is 7.16. The minimum absolute atomic E-state index is 0.0272. The highest BCUT2D eigenvalue weighted by Crippen LogP contribution is 2.26. The van der Waals surface area contributed by atoms with E-state index in [4.69, 9.17) is 0 Å². The first kappa shape index (κ1) is 18.9. The maximum atomic E-state index is 13.0. The van der Waals surface area contributed by atoms with Crippen LogP contribution < -0.4 is 5.32 Å². The molecule has 1 N–H and O–H groups in total. The largest absolute Gasteiger partial charge is 0.354 e. The van der Waals surface area contributed by atoms with Gasteiger partial charge in [-0.25, -0.2) is 8.42 Å². The SMILES string of the molecule is CCn1ccc2cc(S(=O)(=O)N3CCC(C(=O)NC(C)C)CC3)ccc21.